The molecule has 1 N–H and O–H groups in total. The van der Waals surface area contributed by atoms with Crippen LogP contribution in [0.25, 0.3) is 0 Å². The molecule has 4 rings (SSSR count). The second-order valence-electron chi connectivity index (χ2n) is 8.79. The number of nitrogens with zero attached hydrogens (tertiary/aromatic N) is 2. The lowest BCUT2D eigenvalue weighted by atomic mass is 10.1. The minimum absolute atomic E-state index is 0.171. The summed E-state index contributed by atoms with van der Waals surface area (Å²) in [6.45, 7) is 3.96. The molecule has 0 bridgehead atoms. The van der Waals surface area contributed by atoms with Crippen LogP contribution >= 0.6 is 0 Å². The van der Waals surface area contributed by atoms with Crippen molar-refractivity contribution in [2.75, 3.05) is 50.0 Å². The molecule has 0 radical (unpaired) electrons. The second kappa shape index (κ2) is 11.2. The molecule has 0 aromatic heterocycles. The minimum atomic E-state index is -3.23. The number of rotatable bonds is 9. The number of amides is 1. The molecular formula is C25H33N3O5S. The SMILES string of the molecule is CN(CCOc1cccc(CNC(=O)c2ccc(N3CCCS3(=O)=O)cc2)c1)C1CCOCC1. The molecule has 0 spiro atoms. The average molecular weight is 488 g/mol. The molecule has 9 heteroatoms. The van der Waals surface area contributed by atoms with E-state index in [1.165, 1.54) is 4.31 Å². The summed E-state index contributed by atoms with van der Waals surface area (Å²) in [4.78, 5) is 14.9. The van der Waals surface area contributed by atoms with Gasteiger partial charge in [0.15, 0.2) is 0 Å². The number of nitrogens with one attached hydrogen (secondary N) is 1. The van der Waals surface area contributed by atoms with Crippen LogP contribution in [0, 0.1) is 0 Å². The Balaban J connectivity index is 1.25. The summed E-state index contributed by atoms with van der Waals surface area (Å²) in [5.74, 6) is 0.744. The molecule has 2 saturated heterocycles. The van der Waals surface area contributed by atoms with Crippen molar-refractivity contribution in [1.82, 2.24) is 10.2 Å². The third kappa shape index (κ3) is 6.28. The maximum absolute atomic E-state index is 12.6. The van der Waals surface area contributed by atoms with Crippen molar-refractivity contribution in [3.8, 4) is 5.75 Å². The van der Waals surface area contributed by atoms with Crippen molar-refractivity contribution in [1.29, 1.82) is 0 Å². The summed E-state index contributed by atoms with van der Waals surface area (Å²) in [5.41, 5.74) is 2.04. The van der Waals surface area contributed by atoms with Crippen LogP contribution in [-0.2, 0) is 21.3 Å². The topological polar surface area (TPSA) is 88.2 Å². The number of hydrogen-bond acceptors (Lipinski definition) is 6. The Morgan fingerprint density at radius 2 is 1.94 bits per heavy atom. The number of anilines is 1. The number of likely N-dealkylation sites (N-methyl/N-ethyl adjacent to an activating group) is 1. The highest BCUT2D eigenvalue weighted by atomic mass is 32.2. The first kappa shape index (κ1) is 24.5. The van der Waals surface area contributed by atoms with Crippen molar-refractivity contribution in [3.05, 3.63) is 59.7 Å². The van der Waals surface area contributed by atoms with E-state index >= 15 is 0 Å². The van der Waals surface area contributed by atoms with Crippen LogP contribution in [-0.4, -0.2) is 71.0 Å². The Morgan fingerprint density at radius 3 is 2.65 bits per heavy atom. The Bertz CT molecular complexity index is 1070. The van der Waals surface area contributed by atoms with Crippen LogP contribution in [0.5, 0.6) is 5.75 Å². The van der Waals surface area contributed by atoms with Crippen molar-refractivity contribution >= 4 is 21.6 Å². The van der Waals surface area contributed by atoms with Crippen LogP contribution in [0.4, 0.5) is 5.69 Å². The third-order valence-corrected chi connectivity index (χ3v) is 8.26. The van der Waals surface area contributed by atoms with Crippen LogP contribution in [0.2, 0.25) is 0 Å². The Labute approximate surface area is 201 Å². The van der Waals surface area contributed by atoms with Gasteiger partial charge in [0.2, 0.25) is 10.0 Å². The zero-order chi connectivity index (χ0) is 24.0. The van der Waals surface area contributed by atoms with Gasteiger partial charge in [-0.05, 0) is 68.3 Å². The summed E-state index contributed by atoms with van der Waals surface area (Å²) >= 11 is 0. The first-order chi connectivity index (χ1) is 16.4. The predicted molar refractivity (Wildman–Crippen MR) is 132 cm³/mol. The van der Waals surface area contributed by atoms with Gasteiger partial charge in [0, 0.05) is 44.5 Å². The van der Waals surface area contributed by atoms with Gasteiger partial charge in [-0.1, -0.05) is 12.1 Å². The fourth-order valence-electron chi connectivity index (χ4n) is 4.35. The second-order valence-corrected chi connectivity index (χ2v) is 10.8. The predicted octanol–water partition coefficient (Wildman–Crippen LogP) is 2.65. The van der Waals surface area contributed by atoms with E-state index in [9.17, 15) is 13.2 Å². The monoisotopic (exact) mass is 487 g/mol. The average Bonchev–Trinajstić information content (AvgIpc) is 3.22. The highest BCUT2D eigenvalue weighted by molar-refractivity contribution is 7.93. The maximum Gasteiger partial charge on any atom is 0.251 e. The zero-order valence-corrected chi connectivity index (χ0v) is 20.4. The molecule has 2 aromatic rings. The molecule has 2 heterocycles. The number of hydrogen-bond donors (Lipinski definition) is 1. The van der Waals surface area contributed by atoms with Crippen molar-refractivity contribution in [3.63, 3.8) is 0 Å². The van der Waals surface area contributed by atoms with Gasteiger partial charge in [0.1, 0.15) is 12.4 Å². The summed E-state index contributed by atoms with van der Waals surface area (Å²) in [7, 11) is -1.10. The molecule has 184 valence electrons. The first-order valence-corrected chi connectivity index (χ1v) is 13.4. The smallest absolute Gasteiger partial charge is 0.251 e. The van der Waals surface area contributed by atoms with Gasteiger partial charge in [0.05, 0.1) is 11.4 Å². The van der Waals surface area contributed by atoms with Gasteiger partial charge < -0.3 is 14.8 Å². The molecule has 8 nitrogen and oxygen atoms in total. The van der Waals surface area contributed by atoms with E-state index in [4.69, 9.17) is 9.47 Å². The lowest BCUT2D eigenvalue weighted by Crippen LogP contribution is -2.38. The van der Waals surface area contributed by atoms with E-state index in [1.54, 1.807) is 24.3 Å². The van der Waals surface area contributed by atoms with Crippen LogP contribution in [0.3, 0.4) is 0 Å². The Kier molecular flexibility index (Phi) is 8.07. The molecule has 2 aromatic carbocycles. The molecular weight excluding hydrogens is 454 g/mol. The molecule has 0 saturated carbocycles. The molecule has 0 atom stereocenters. The van der Waals surface area contributed by atoms with Gasteiger partial charge >= 0.3 is 0 Å². The van der Waals surface area contributed by atoms with E-state index in [2.05, 4.69) is 17.3 Å². The van der Waals surface area contributed by atoms with Gasteiger partial charge in [-0.3, -0.25) is 14.0 Å². The van der Waals surface area contributed by atoms with Gasteiger partial charge in [-0.25, -0.2) is 8.42 Å². The summed E-state index contributed by atoms with van der Waals surface area (Å²) in [6.07, 6.45) is 2.75. The Hall–Kier alpha value is -2.62. The summed E-state index contributed by atoms with van der Waals surface area (Å²) in [6, 6.07) is 15.0. The van der Waals surface area contributed by atoms with Crippen molar-refractivity contribution < 1.29 is 22.7 Å². The van der Waals surface area contributed by atoms with E-state index in [-0.39, 0.29) is 11.7 Å². The lowest BCUT2D eigenvalue weighted by Gasteiger charge is -2.31. The normalized spacial score (nSPS) is 18.2. The summed E-state index contributed by atoms with van der Waals surface area (Å²) in [5, 5.41) is 2.92. The maximum atomic E-state index is 12.6. The first-order valence-electron chi connectivity index (χ1n) is 11.8. The fourth-order valence-corrected chi connectivity index (χ4v) is 5.92. The third-order valence-electron chi connectivity index (χ3n) is 6.40. The quantitative estimate of drug-likeness (QED) is 0.585. The van der Waals surface area contributed by atoms with Crippen molar-refractivity contribution in [2.45, 2.75) is 31.8 Å². The molecule has 34 heavy (non-hydrogen) atoms. The molecule has 2 aliphatic rings. The molecule has 2 aliphatic heterocycles. The van der Waals surface area contributed by atoms with Gasteiger partial charge in [0.25, 0.3) is 5.91 Å². The van der Waals surface area contributed by atoms with E-state index in [0.717, 1.165) is 43.9 Å². The van der Waals surface area contributed by atoms with Crippen LogP contribution in [0.15, 0.2) is 48.5 Å². The minimum Gasteiger partial charge on any atom is -0.492 e. The Morgan fingerprint density at radius 1 is 1.18 bits per heavy atom. The number of carbonyl (C=O) groups is 1. The number of sulfonamides is 1. The number of benzene rings is 2. The van der Waals surface area contributed by atoms with E-state index < -0.39 is 10.0 Å². The molecule has 0 unspecified atom stereocenters. The zero-order valence-electron chi connectivity index (χ0n) is 19.6. The molecule has 0 aliphatic carbocycles. The molecule has 2 fully saturated rings. The van der Waals surface area contributed by atoms with E-state index in [0.29, 0.717) is 43.4 Å². The highest BCUT2D eigenvalue weighted by Crippen LogP contribution is 2.24. The van der Waals surface area contributed by atoms with E-state index in [1.807, 2.05) is 24.3 Å². The van der Waals surface area contributed by atoms with Gasteiger partial charge in [-0.15, -0.1) is 0 Å². The largest absolute Gasteiger partial charge is 0.492 e. The highest BCUT2D eigenvalue weighted by Gasteiger charge is 2.28. The standard InChI is InChI=1S/C25H33N3O5S/c1-27(22-10-14-32-15-11-22)13-16-33-24-5-2-4-20(18-24)19-26-25(29)21-6-8-23(9-7-21)28-12-3-17-34(28,30)31/h2,4-9,18,22H,3,10-17,19H2,1H3,(H,26,29). The number of carbonyl (C=O) groups excluding carboxylic acids is 1. The van der Waals surface area contributed by atoms with Gasteiger partial charge in [-0.2, -0.15) is 0 Å². The number of ether oxygens (including phenoxy) is 2. The molecule has 1 amide bonds. The van der Waals surface area contributed by atoms with Crippen LogP contribution in [0.1, 0.15) is 35.2 Å². The van der Waals surface area contributed by atoms with Crippen molar-refractivity contribution in [2.24, 2.45) is 0 Å². The lowest BCUT2D eigenvalue weighted by molar-refractivity contribution is 0.0392. The fraction of sp³-hybridized carbons (Fsp3) is 0.480. The van der Waals surface area contributed by atoms with Crippen LogP contribution < -0.4 is 14.4 Å². The summed E-state index contributed by atoms with van der Waals surface area (Å²) < 4.78 is 36.9.